The molecule has 0 atom stereocenters. The van der Waals surface area contributed by atoms with Crippen LogP contribution in [-0.2, 0) is 17.9 Å². The Hall–Kier alpha value is -2.64. The number of aliphatic carboxylic acids is 1. The summed E-state index contributed by atoms with van der Waals surface area (Å²) < 4.78 is 3.10. The highest BCUT2D eigenvalue weighted by atomic mass is 16.4. The molecule has 0 unspecified atom stereocenters. The number of nitrogens with one attached hydrogen (secondary N) is 1. The Kier molecular flexibility index (Phi) is 4.48. The van der Waals surface area contributed by atoms with E-state index in [0.717, 1.165) is 0 Å². The minimum absolute atomic E-state index is 0.0742. The van der Waals surface area contributed by atoms with E-state index < -0.39 is 5.97 Å². The Morgan fingerprint density at radius 1 is 1.25 bits per heavy atom. The van der Waals surface area contributed by atoms with E-state index in [-0.39, 0.29) is 18.9 Å². The number of aryl methyl sites for hydroxylation is 1. The number of amides is 1. The van der Waals surface area contributed by atoms with Crippen molar-refractivity contribution in [3.05, 3.63) is 36.4 Å². The summed E-state index contributed by atoms with van der Waals surface area (Å²) in [6, 6.07) is 3.37. The number of carbonyl (C=O) groups excluding carboxylic acids is 1. The number of nitrogens with zero attached hydrogens (tertiary/aromatic N) is 4. The summed E-state index contributed by atoms with van der Waals surface area (Å²) in [5, 5.41) is 19.3. The largest absolute Gasteiger partial charge is 0.481 e. The summed E-state index contributed by atoms with van der Waals surface area (Å²) in [5.74, 6) is -1.20. The third kappa shape index (κ3) is 3.67. The highest BCUT2D eigenvalue weighted by Gasteiger charge is 2.12. The maximum atomic E-state index is 12.0. The molecule has 0 fully saturated rings. The average molecular weight is 277 g/mol. The van der Waals surface area contributed by atoms with Gasteiger partial charge in [-0.1, -0.05) is 0 Å². The quantitative estimate of drug-likeness (QED) is 0.740. The molecule has 20 heavy (non-hydrogen) atoms. The van der Waals surface area contributed by atoms with Gasteiger partial charge in [-0.3, -0.25) is 19.0 Å². The van der Waals surface area contributed by atoms with Gasteiger partial charge in [-0.15, -0.1) is 0 Å². The van der Waals surface area contributed by atoms with Crippen molar-refractivity contribution in [3.8, 4) is 0 Å². The number of rotatable bonds is 7. The molecule has 0 saturated heterocycles. The highest BCUT2D eigenvalue weighted by Crippen LogP contribution is 2.00. The van der Waals surface area contributed by atoms with Crippen LogP contribution in [-0.4, -0.2) is 43.1 Å². The van der Waals surface area contributed by atoms with E-state index in [2.05, 4.69) is 15.5 Å². The summed E-state index contributed by atoms with van der Waals surface area (Å²) in [5.41, 5.74) is 0.353. The first kappa shape index (κ1) is 13.8. The zero-order chi connectivity index (χ0) is 14.4. The minimum Gasteiger partial charge on any atom is -0.481 e. The van der Waals surface area contributed by atoms with Crippen LogP contribution < -0.4 is 5.32 Å². The molecule has 106 valence electrons. The molecule has 2 rings (SSSR count). The van der Waals surface area contributed by atoms with E-state index in [4.69, 9.17) is 5.11 Å². The summed E-state index contributed by atoms with van der Waals surface area (Å²) in [4.78, 5) is 22.5. The zero-order valence-electron chi connectivity index (χ0n) is 10.8. The van der Waals surface area contributed by atoms with Gasteiger partial charge in [0.15, 0.2) is 0 Å². The third-order valence-corrected chi connectivity index (χ3v) is 2.67. The summed E-state index contributed by atoms with van der Waals surface area (Å²) in [7, 11) is 0. The molecule has 1 amide bonds. The van der Waals surface area contributed by atoms with E-state index in [1.807, 2.05) is 12.3 Å². The van der Waals surface area contributed by atoms with Gasteiger partial charge in [0.2, 0.25) is 0 Å². The Labute approximate surface area is 115 Å². The molecule has 2 N–H and O–H groups in total. The van der Waals surface area contributed by atoms with Gasteiger partial charge in [0, 0.05) is 25.1 Å². The van der Waals surface area contributed by atoms with Crippen LogP contribution in [0.15, 0.2) is 30.7 Å². The van der Waals surface area contributed by atoms with Crippen molar-refractivity contribution in [1.82, 2.24) is 24.9 Å². The maximum Gasteiger partial charge on any atom is 0.305 e. The fourth-order valence-electron chi connectivity index (χ4n) is 1.71. The maximum absolute atomic E-state index is 12.0. The van der Waals surface area contributed by atoms with Crippen LogP contribution >= 0.6 is 0 Å². The molecule has 0 aliphatic carbocycles. The molecular formula is C12H15N5O3. The van der Waals surface area contributed by atoms with E-state index in [1.54, 1.807) is 16.9 Å². The van der Waals surface area contributed by atoms with Crippen LogP contribution in [0.2, 0.25) is 0 Å². The first-order valence-electron chi connectivity index (χ1n) is 6.16. The standard InChI is InChI=1S/C12H15N5O3/c18-11(19)3-8-17-10(2-5-15-17)12(20)13-6-9-16-7-1-4-14-16/h1-2,4-5,7H,3,6,8-9H2,(H,13,20)(H,18,19). The number of hydrogen-bond donors (Lipinski definition) is 2. The molecule has 0 aromatic carbocycles. The van der Waals surface area contributed by atoms with Crippen molar-refractivity contribution < 1.29 is 14.7 Å². The topological polar surface area (TPSA) is 102 Å². The van der Waals surface area contributed by atoms with Gasteiger partial charge in [-0.2, -0.15) is 10.2 Å². The number of hydrogen-bond acceptors (Lipinski definition) is 4. The number of aromatic nitrogens is 4. The second-order valence-electron chi connectivity index (χ2n) is 4.11. The summed E-state index contributed by atoms with van der Waals surface area (Å²) in [6.45, 7) is 1.18. The van der Waals surface area contributed by atoms with Crippen LogP contribution in [0.5, 0.6) is 0 Å². The molecular weight excluding hydrogens is 262 g/mol. The predicted octanol–water partition coefficient (Wildman–Crippen LogP) is -0.0157. The lowest BCUT2D eigenvalue weighted by molar-refractivity contribution is -0.137. The number of carbonyl (C=O) groups is 2. The van der Waals surface area contributed by atoms with E-state index >= 15 is 0 Å². The lowest BCUT2D eigenvalue weighted by atomic mass is 10.3. The molecule has 0 aliphatic heterocycles. The Bertz CT molecular complexity index is 576. The second kappa shape index (κ2) is 6.50. The number of carboxylic acids is 1. The monoisotopic (exact) mass is 277 g/mol. The van der Waals surface area contributed by atoms with Crippen molar-refractivity contribution in [2.75, 3.05) is 6.54 Å². The van der Waals surface area contributed by atoms with Crippen molar-refractivity contribution in [2.24, 2.45) is 0 Å². The summed E-state index contributed by atoms with van der Waals surface area (Å²) >= 11 is 0. The average Bonchev–Trinajstić information content (AvgIpc) is 3.07. The zero-order valence-corrected chi connectivity index (χ0v) is 10.8. The fraction of sp³-hybridized carbons (Fsp3) is 0.333. The molecule has 0 bridgehead atoms. The van der Waals surface area contributed by atoms with E-state index in [9.17, 15) is 9.59 Å². The molecule has 0 aliphatic rings. The number of carboxylic acid groups (broad SMARTS) is 1. The molecule has 8 heteroatoms. The molecule has 8 nitrogen and oxygen atoms in total. The highest BCUT2D eigenvalue weighted by molar-refractivity contribution is 5.92. The molecule has 2 aromatic heterocycles. The Morgan fingerprint density at radius 3 is 2.80 bits per heavy atom. The van der Waals surface area contributed by atoms with Gasteiger partial charge in [0.25, 0.3) is 5.91 Å². The van der Waals surface area contributed by atoms with E-state index in [0.29, 0.717) is 18.8 Å². The Balaban J connectivity index is 1.85. The van der Waals surface area contributed by atoms with Gasteiger partial charge in [-0.05, 0) is 12.1 Å². The van der Waals surface area contributed by atoms with Crippen molar-refractivity contribution in [3.63, 3.8) is 0 Å². The van der Waals surface area contributed by atoms with Gasteiger partial charge < -0.3 is 10.4 Å². The summed E-state index contributed by atoms with van der Waals surface area (Å²) in [6.07, 6.45) is 4.88. The van der Waals surface area contributed by atoms with Gasteiger partial charge in [-0.25, -0.2) is 0 Å². The van der Waals surface area contributed by atoms with Crippen LogP contribution in [0.25, 0.3) is 0 Å². The van der Waals surface area contributed by atoms with Gasteiger partial charge in [0.05, 0.1) is 19.5 Å². The van der Waals surface area contributed by atoms with Crippen LogP contribution in [0.4, 0.5) is 0 Å². The van der Waals surface area contributed by atoms with E-state index in [1.165, 1.54) is 10.9 Å². The van der Waals surface area contributed by atoms with Crippen LogP contribution in [0.3, 0.4) is 0 Å². The smallest absolute Gasteiger partial charge is 0.305 e. The van der Waals surface area contributed by atoms with Crippen LogP contribution in [0, 0.1) is 0 Å². The predicted molar refractivity (Wildman–Crippen MR) is 69.0 cm³/mol. The van der Waals surface area contributed by atoms with Crippen molar-refractivity contribution >= 4 is 11.9 Å². The van der Waals surface area contributed by atoms with Gasteiger partial charge >= 0.3 is 5.97 Å². The Morgan fingerprint density at radius 2 is 2.10 bits per heavy atom. The molecule has 0 radical (unpaired) electrons. The lowest BCUT2D eigenvalue weighted by Gasteiger charge is -2.07. The van der Waals surface area contributed by atoms with Gasteiger partial charge in [0.1, 0.15) is 5.69 Å². The van der Waals surface area contributed by atoms with Crippen LogP contribution in [0.1, 0.15) is 16.9 Å². The lowest BCUT2D eigenvalue weighted by Crippen LogP contribution is -2.29. The van der Waals surface area contributed by atoms with Crippen molar-refractivity contribution in [1.29, 1.82) is 0 Å². The first-order valence-corrected chi connectivity index (χ1v) is 6.16. The molecule has 2 aromatic rings. The molecule has 2 heterocycles. The molecule has 0 saturated carbocycles. The fourth-order valence-corrected chi connectivity index (χ4v) is 1.71. The SMILES string of the molecule is O=C(O)CCn1nccc1C(=O)NCCn1cccn1. The third-order valence-electron chi connectivity index (χ3n) is 2.67. The second-order valence-corrected chi connectivity index (χ2v) is 4.11. The normalized spacial score (nSPS) is 10.4. The first-order chi connectivity index (χ1) is 9.66. The minimum atomic E-state index is -0.925. The molecule has 0 spiro atoms. The van der Waals surface area contributed by atoms with Crippen molar-refractivity contribution in [2.45, 2.75) is 19.5 Å².